The maximum absolute atomic E-state index is 12.2. The van der Waals surface area contributed by atoms with Crippen molar-refractivity contribution in [3.63, 3.8) is 0 Å². The Hall–Kier alpha value is -5.00. The maximum atomic E-state index is 12.2. The Morgan fingerprint density at radius 3 is 1.73 bits per heavy atom. The van der Waals surface area contributed by atoms with E-state index in [-0.39, 0.29) is 11.1 Å². The molecule has 0 fully saturated rings. The van der Waals surface area contributed by atoms with Crippen molar-refractivity contribution in [1.82, 2.24) is 49.5 Å². The molecule has 0 aliphatic heterocycles. The lowest BCUT2D eigenvalue weighted by atomic mass is 10.1. The zero-order valence-corrected chi connectivity index (χ0v) is 23.7. The Morgan fingerprint density at radius 1 is 0.625 bits per heavy atom. The van der Waals surface area contributed by atoms with Crippen molar-refractivity contribution in [2.45, 2.75) is 41.5 Å². The number of hydrogen-bond acceptors (Lipinski definition) is 8. The summed E-state index contributed by atoms with van der Waals surface area (Å²) in [7, 11) is 3.54. The number of nitrogens with one attached hydrogen (secondary N) is 2. The third kappa shape index (κ3) is 4.68. The zero-order valence-electron chi connectivity index (χ0n) is 23.7. The average Bonchev–Trinajstić information content (AvgIpc) is 3.37. The van der Waals surface area contributed by atoms with Gasteiger partial charge in [0.2, 0.25) is 0 Å². The van der Waals surface area contributed by atoms with Crippen LogP contribution in [-0.4, -0.2) is 49.5 Å². The van der Waals surface area contributed by atoms with Gasteiger partial charge >= 0.3 is 0 Å². The number of aryl methyl sites for hydroxylation is 8. The van der Waals surface area contributed by atoms with E-state index in [4.69, 9.17) is 0 Å². The summed E-state index contributed by atoms with van der Waals surface area (Å²) in [5.41, 5.74) is 8.71. The first-order valence-corrected chi connectivity index (χ1v) is 12.7. The van der Waals surface area contributed by atoms with E-state index in [9.17, 15) is 9.59 Å². The lowest BCUT2D eigenvalue weighted by Crippen LogP contribution is -2.12. The molecule has 0 aromatic carbocycles. The van der Waals surface area contributed by atoms with E-state index in [1.807, 2.05) is 53.7 Å². The van der Waals surface area contributed by atoms with Gasteiger partial charge in [-0.1, -0.05) is 0 Å². The van der Waals surface area contributed by atoms with Crippen molar-refractivity contribution in [3.8, 4) is 22.8 Å². The lowest BCUT2D eigenvalue weighted by Gasteiger charge is -2.05. The molecule has 40 heavy (non-hydrogen) atoms. The first-order chi connectivity index (χ1) is 18.9. The Bertz CT molecular complexity index is 1990. The van der Waals surface area contributed by atoms with Crippen molar-refractivity contribution >= 4 is 22.1 Å². The van der Waals surface area contributed by atoms with Crippen LogP contribution in [0.25, 0.3) is 44.8 Å². The van der Waals surface area contributed by atoms with Crippen LogP contribution in [0, 0.1) is 41.5 Å². The van der Waals surface area contributed by atoms with Gasteiger partial charge < -0.3 is 9.97 Å². The van der Waals surface area contributed by atoms with Crippen LogP contribution in [0.5, 0.6) is 0 Å². The second kappa shape index (κ2) is 9.95. The third-order valence-electron chi connectivity index (χ3n) is 6.79. The number of fused-ring (bicyclic) bond motifs is 2. The number of aromatic amines is 2. The smallest absolute Gasteiger partial charge is 0.279 e. The number of nitrogens with zero attached hydrogens (tertiary/aromatic N) is 8. The predicted molar refractivity (Wildman–Crippen MR) is 153 cm³/mol. The molecule has 6 aromatic heterocycles. The van der Waals surface area contributed by atoms with Gasteiger partial charge in [-0.2, -0.15) is 10.2 Å². The third-order valence-corrected chi connectivity index (χ3v) is 6.79. The first-order valence-electron chi connectivity index (χ1n) is 12.7. The minimum atomic E-state index is -0.227. The van der Waals surface area contributed by atoms with Crippen LogP contribution in [0.3, 0.4) is 0 Å². The molecule has 2 N–H and O–H groups in total. The molecule has 12 heteroatoms. The van der Waals surface area contributed by atoms with E-state index in [1.165, 1.54) is 0 Å². The van der Waals surface area contributed by atoms with Crippen LogP contribution in [0.15, 0.2) is 34.1 Å². The molecule has 0 radical (unpaired) electrons. The first kappa shape index (κ1) is 26.6. The fourth-order valence-corrected chi connectivity index (χ4v) is 4.54. The second-order valence-corrected chi connectivity index (χ2v) is 9.93. The Morgan fingerprint density at radius 2 is 1.15 bits per heavy atom. The molecule has 204 valence electrons. The minimum absolute atomic E-state index is 0.186. The van der Waals surface area contributed by atoms with E-state index >= 15 is 0 Å². The fraction of sp³-hybridized carbons (Fsp3) is 0.286. The predicted octanol–water partition coefficient (Wildman–Crippen LogP) is 3.29. The number of pyridine rings is 2. The van der Waals surface area contributed by atoms with Crippen molar-refractivity contribution in [2.24, 2.45) is 14.1 Å². The van der Waals surface area contributed by atoms with Gasteiger partial charge in [-0.3, -0.25) is 28.9 Å². The van der Waals surface area contributed by atoms with Crippen LogP contribution in [0.1, 0.15) is 33.9 Å². The standard InChI is InChI=1S/2C14H15N5O/c1-7-5-10(8(2)15-6-7)13-16-11-9(3)19(4)18-12(11)14(20)17-13;1-7-5-10(8(2)15-6-7)13-16-11-9(3)18-19(4)12(11)14(20)17-13/h2*5-6H,1-4H3,(H,16,17,20). The molecular weight excluding hydrogens is 508 g/mol. The Kier molecular flexibility index (Phi) is 6.62. The van der Waals surface area contributed by atoms with Crippen LogP contribution < -0.4 is 11.1 Å². The van der Waals surface area contributed by atoms with E-state index < -0.39 is 0 Å². The summed E-state index contributed by atoms with van der Waals surface area (Å²) < 4.78 is 3.22. The fourth-order valence-electron chi connectivity index (χ4n) is 4.54. The highest BCUT2D eigenvalue weighted by molar-refractivity contribution is 5.79. The quantitative estimate of drug-likeness (QED) is 0.341. The van der Waals surface area contributed by atoms with E-state index in [2.05, 4.69) is 40.1 Å². The van der Waals surface area contributed by atoms with Crippen molar-refractivity contribution in [1.29, 1.82) is 0 Å². The molecule has 6 aromatic rings. The number of aromatic nitrogens is 10. The molecule has 0 unspecified atom stereocenters. The molecule has 0 saturated carbocycles. The van der Waals surface area contributed by atoms with Crippen LogP contribution in [-0.2, 0) is 14.1 Å². The van der Waals surface area contributed by atoms with Crippen molar-refractivity contribution < 1.29 is 0 Å². The monoisotopic (exact) mass is 538 g/mol. The van der Waals surface area contributed by atoms with Gasteiger partial charge in [-0.05, 0) is 64.8 Å². The summed E-state index contributed by atoms with van der Waals surface area (Å²) in [6.45, 7) is 11.5. The molecule has 6 heterocycles. The van der Waals surface area contributed by atoms with E-state index in [0.29, 0.717) is 33.7 Å². The van der Waals surface area contributed by atoms with Crippen LogP contribution in [0.2, 0.25) is 0 Å². The van der Waals surface area contributed by atoms with Gasteiger partial charge in [0.05, 0.1) is 11.4 Å². The number of H-pyrrole nitrogens is 2. The van der Waals surface area contributed by atoms with Crippen LogP contribution in [0.4, 0.5) is 0 Å². The van der Waals surface area contributed by atoms with Gasteiger partial charge in [0, 0.05) is 49.0 Å². The summed E-state index contributed by atoms with van der Waals surface area (Å²) >= 11 is 0. The largest absolute Gasteiger partial charge is 0.305 e. The van der Waals surface area contributed by atoms with Crippen LogP contribution >= 0.6 is 0 Å². The minimum Gasteiger partial charge on any atom is -0.305 e. The highest BCUT2D eigenvalue weighted by Gasteiger charge is 2.16. The van der Waals surface area contributed by atoms with Gasteiger partial charge in [-0.15, -0.1) is 0 Å². The van der Waals surface area contributed by atoms with E-state index in [1.54, 1.807) is 35.9 Å². The number of hydrogen-bond donors (Lipinski definition) is 2. The molecule has 0 spiro atoms. The molecule has 0 bridgehead atoms. The highest BCUT2D eigenvalue weighted by Crippen LogP contribution is 2.22. The normalized spacial score (nSPS) is 11.2. The second-order valence-electron chi connectivity index (χ2n) is 9.93. The maximum Gasteiger partial charge on any atom is 0.279 e. The molecule has 0 atom stereocenters. The molecule has 0 saturated heterocycles. The van der Waals surface area contributed by atoms with Crippen molar-refractivity contribution in [2.75, 3.05) is 0 Å². The molecule has 0 amide bonds. The van der Waals surface area contributed by atoms with Gasteiger partial charge in [0.25, 0.3) is 11.1 Å². The molecule has 0 aliphatic carbocycles. The van der Waals surface area contributed by atoms with E-state index in [0.717, 1.165) is 45.0 Å². The molecule has 0 aliphatic rings. The molecule has 12 nitrogen and oxygen atoms in total. The summed E-state index contributed by atoms with van der Waals surface area (Å²) in [4.78, 5) is 47.7. The summed E-state index contributed by atoms with van der Waals surface area (Å²) in [5.74, 6) is 1.07. The zero-order chi connectivity index (χ0) is 28.9. The van der Waals surface area contributed by atoms with Gasteiger partial charge in [0.1, 0.15) is 22.7 Å². The summed E-state index contributed by atoms with van der Waals surface area (Å²) in [6.07, 6.45) is 3.59. The highest BCUT2D eigenvalue weighted by atomic mass is 16.1. The van der Waals surface area contributed by atoms with Gasteiger partial charge in [-0.25, -0.2) is 9.97 Å². The summed E-state index contributed by atoms with van der Waals surface area (Å²) in [6, 6.07) is 3.94. The molecular formula is C28H30N10O2. The lowest BCUT2D eigenvalue weighted by molar-refractivity contribution is 0.749. The van der Waals surface area contributed by atoms with Crippen molar-refractivity contribution in [3.05, 3.63) is 79.1 Å². The SMILES string of the molecule is Cc1cnc(C)c(-c2nc3c(C)n(C)nc3c(=O)[nH]2)c1.Cc1cnc(C)c(-c2nc3c(C)nn(C)c3c(=O)[nH]2)c1. The average molecular weight is 539 g/mol. The Labute approximate surface area is 229 Å². The topological polar surface area (TPSA) is 153 Å². The number of rotatable bonds is 2. The Balaban J connectivity index is 0.000000161. The summed E-state index contributed by atoms with van der Waals surface area (Å²) in [5, 5.41) is 8.43. The van der Waals surface area contributed by atoms with Gasteiger partial charge in [0.15, 0.2) is 11.0 Å². The molecule has 6 rings (SSSR count).